The van der Waals surface area contributed by atoms with Gasteiger partial charge in [-0.25, -0.2) is 10.2 Å². The Morgan fingerprint density at radius 3 is 2.52 bits per heavy atom. The van der Waals surface area contributed by atoms with Crippen LogP contribution in [0.15, 0.2) is 53.6 Å². The average Bonchev–Trinajstić information content (AvgIpc) is 3.02. The van der Waals surface area contributed by atoms with Gasteiger partial charge in [0.25, 0.3) is 0 Å². The molecule has 3 rings (SSSR count). The summed E-state index contributed by atoms with van der Waals surface area (Å²) in [5, 5.41) is 4.14. The lowest BCUT2D eigenvalue weighted by molar-refractivity contribution is -0.120. The van der Waals surface area contributed by atoms with Gasteiger partial charge >= 0.3 is 5.97 Å². The summed E-state index contributed by atoms with van der Waals surface area (Å²) in [7, 11) is 1.37. The first kappa shape index (κ1) is 22.0. The predicted octanol–water partition coefficient (Wildman–Crippen LogP) is 4.19. The first-order chi connectivity index (χ1) is 14.8. The van der Waals surface area contributed by atoms with E-state index in [0.29, 0.717) is 5.56 Å². The lowest BCUT2D eigenvalue weighted by atomic mass is 10.0. The van der Waals surface area contributed by atoms with Crippen molar-refractivity contribution in [2.75, 3.05) is 7.11 Å². The fourth-order valence-electron chi connectivity index (χ4n) is 3.67. The van der Waals surface area contributed by atoms with Gasteiger partial charge in [-0.15, -0.1) is 0 Å². The highest BCUT2D eigenvalue weighted by molar-refractivity contribution is 5.94. The van der Waals surface area contributed by atoms with E-state index >= 15 is 0 Å². The average molecular weight is 418 g/mol. The number of aryl methyl sites for hydroxylation is 3. The van der Waals surface area contributed by atoms with Crippen molar-refractivity contribution >= 4 is 18.1 Å². The third-order valence-corrected chi connectivity index (χ3v) is 5.26. The molecule has 0 aliphatic heterocycles. The highest BCUT2D eigenvalue weighted by Gasteiger charge is 2.17. The number of para-hydroxylation sites is 1. The van der Waals surface area contributed by atoms with Crippen molar-refractivity contribution < 1.29 is 14.3 Å². The minimum Gasteiger partial charge on any atom is -0.465 e. The molecular formula is C25H27N3O3. The summed E-state index contributed by atoms with van der Waals surface area (Å²) in [4.78, 5) is 24.5. The number of carbonyl (C=O) groups excluding carboxylic acids is 2. The zero-order chi connectivity index (χ0) is 22.5. The molecule has 1 aromatic heterocycles. The number of nitrogens with zero attached hydrogens (tertiary/aromatic N) is 2. The smallest absolute Gasteiger partial charge is 0.339 e. The Morgan fingerprint density at radius 2 is 1.81 bits per heavy atom. The quantitative estimate of drug-likeness (QED) is 0.371. The van der Waals surface area contributed by atoms with E-state index in [1.54, 1.807) is 18.3 Å². The van der Waals surface area contributed by atoms with Crippen molar-refractivity contribution in [2.45, 2.75) is 34.1 Å². The van der Waals surface area contributed by atoms with E-state index in [1.165, 1.54) is 12.7 Å². The van der Waals surface area contributed by atoms with Gasteiger partial charge in [0.2, 0.25) is 5.91 Å². The Hall–Kier alpha value is -3.67. The molecule has 1 heterocycles. The number of aromatic nitrogens is 1. The Bertz CT molecular complexity index is 1160. The number of ether oxygens (including phenoxy) is 1. The van der Waals surface area contributed by atoms with Crippen molar-refractivity contribution in [1.29, 1.82) is 0 Å². The molecule has 0 aliphatic rings. The fourth-order valence-corrected chi connectivity index (χ4v) is 3.67. The summed E-state index contributed by atoms with van der Waals surface area (Å²) < 4.78 is 6.89. The molecule has 6 nitrogen and oxygen atoms in total. The molecule has 0 atom stereocenters. The van der Waals surface area contributed by atoms with Crippen molar-refractivity contribution in [3.8, 4) is 5.69 Å². The van der Waals surface area contributed by atoms with Crippen LogP contribution >= 0.6 is 0 Å². The van der Waals surface area contributed by atoms with E-state index < -0.39 is 5.97 Å². The van der Waals surface area contributed by atoms with E-state index in [1.807, 2.05) is 62.6 Å². The van der Waals surface area contributed by atoms with Gasteiger partial charge in [-0.1, -0.05) is 35.9 Å². The normalized spacial score (nSPS) is 11.0. The summed E-state index contributed by atoms with van der Waals surface area (Å²) in [5.41, 5.74) is 9.76. The molecule has 0 saturated carbocycles. The van der Waals surface area contributed by atoms with E-state index in [9.17, 15) is 9.59 Å². The second-order valence-electron chi connectivity index (χ2n) is 7.57. The van der Waals surface area contributed by atoms with Crippen LogP contribution in [-0.4, -0.2) is 29.8 Å². The summed E-state index contributed by atoms with van der Waals surface area (Å²) in [6.07, 6.45) is 1.90. The molecule has 160 valence electrons. The van der Waals surface area contributed by atoms with Gasteiger partial charge in [-0.3, -0.25) is 4.79 Å². The highest BCUT2D eigenvalue weighted by Crippen LogP contribution is 2.23. The van der Waals surface area contributed by atoms with Crippen LogP contribution in [0.3, 0.4) is 0 Å². The van der Waals surface area contributed by atoms with Crippen molar-refractivity contribution in [3.63, 3.8) is 0 Å². The third-order valence-electron chi connectivity index (χ3n) is 5.26. The van der Waals surface area contributed by atoms with Crippen LogP contribution in [0.5, 0.6) is 0 Å². The molecule has 0 radical (unpaired) electrons. The minimum atomic E-state index is -0.392. The van der Waals surface area contributed by atoms with Gasteiger partial charge < -0.3 is 9.30 Å². The topological polar surface area (TPSA) is 72.7 Å². The van der Waals surface area contributed by atoms with Gasteiger partial charge in [0.05, 0.1) is 31.0 Å². The molecule has 2 aromatic carbocycles. The number of rotatable bonds is 6. The van der Waals surface area contributed by atoms with Crippen molar-refractivity contribution in [1.82, 2.24) is 9.99 Å². The fraction of sp³-hybridized carbons (Fsp3) is 0.240. The number of hydrogen-bond acceptors (Lipinski definition) is 4. The first-order valence-corrected chi connectivity index (χ1v) is 10.1. The molecule has 31 heavy (non-hydrogen) atoms. The summed E-state index contributed by atoms with van der Waals surface area (Å²) in [5.74, 6) is -0.565. The highest BCUT2D eigenvalue weighted by atomic mass is 16.5. The van der Waals surface area contributed by atoms with Crippen molar-refractivity contribution in [3.05, 3.63) is 87.7 Å². The Kier molecular flexibility index (Phi) is 6.70. The van der Waals surface area contributed by atoms with Crippen LogP contribution in [0.1, 0.15) is 44.0 Å². The third kappa shape index (κ3) is 4.91. The van der Waals surface area contributed by atoms with Crippen LogP contribution in [0.4, 0.5) is 0 Å². The number of hydrazone groups is 1. The molecular weight excluding hydrogens is 390 g/mol. The summed E-state index contributed by atoms with van der Waals surface area (Å²) >= 11 is 0. The summed E-state index contributed by atoms with van der Waals surface area (Å²) in [6, 6.07) is 15.3. The zero-order valence-electron chi connectivity index (χ0n) is 18.5. The number of benzene rings is 2. The largest absolute Gasteiger partial charge is 0.465 e. The second-order valence-corrected chi connectivity index (χ2v) is 7.57. The molecule has 0 fully saturated rings. The predicted molar refractivity (Wildman–Crippen MR) is 122 cm³/mol. The van der Waals surface area contributed by atoms with Gasteiger partial charge in [0.1, 0.15) is 0 Å². The standard InChI is InChI=1S/C25H27N3O3/c1-16-10-11-20(17(2)12-16)14-24(29)27-26-15-21-13-18(3)28(19(21)4)23-9-7-6-8-22(23)25(30)31-5/h6-13,15H,14H2,1-5H3,(H,27,29)/b26-15-. The van der Waals surface area contributed by atoms with Crippen molar-refractivity contribution in [2.24, 2.45) is 5.10 Å². The minimum absolute atomic E-state index is 0.173. The van der Waals surface area contributed by atoms with Gasteiger partial charge in [-0.05, 0) is 57.0 Å². The van der Waals surface area contributed by atoms with Crippen LogP contribution in [0, 0.1) is 27.7 Å². The Morgan fingerprint density at radius 1 is 1.06 bits per heavy atom. The number of hydrogen-bond donors (Lipinski definition) is 1. The molecule has 0 unspecified atom stereocenters. The number of esters is 1. The van der Waals surface area contributed by atoms with E-state index in [2.05, 4.69) is 16.6 Å². The van der Waals surface area contributed by atoms with Crippen LogP contribution in [0.25, 0.3) is 5.69 Å². The number of nitrogens with one attached hydrogen (secondary N) is 1. The van der Waals surface area contributed by atoms with E-state index in [-0.39, 0.29) is 12.3 Å². The molecule has 0 saturated heterocycles. The number of amides is 1. The van der Waals surface area contributed by atoms with Gasteiger partial charge in [0.15, 0.2) is 0 Å². The molecule has 0 aliphatic carbocycles. The lowest BCUT2D eigenvalue weighted by Gasteiger charge is -2.13. The molecule has 1 amide bonds. The number of methoxy groups -OCH3 is 1. The number of carbonyl (C=O) groups is 2. The van der Waals surface area contributed by atoms with Crippen LogP contribution < -0.4 is 5.43 Å². The molecule has 1 N–H and O–H groups in total. The maximum absolute atomic E-state index is 12.3. The molecule has 0 bridgehead atoms. The van der Waals surface area contributed by atoms with Gasteiger partial charge in [0, 0.05) is 17.0 Å². The first-order valence-electron chi connectivity index (χ1n) is 10.1. The molecule has 3 aromatic rings. The summed E-state index contributed by atoms with van der Waals surface area (Å²) in [6.45, 7) is 7.93. The van der Waals surface area contributed by atoms with E-state index in [4.69, 9.17) is 4.74 Å². The molecule has 0 spiro atoms. The maximum atomic E-state index is 12.3. The van der Waals surface area contributed by atoms with Crippen LogP contribution in [-0.2, 0) is 16.0 Å². The SMILES string of the molecule is COC(=O)c1ccccc1-n1c(C)cc(/C=N\NC(=O)Cc2ccc(C)cc2C)c1C. The van der Waals surface area contributed by atoms with E-state index in [0.717, 1.165) is 33.8 Å². The Labute approximate surface area is 182 Å². The van der Waals surface area contributed by atoms with Gasteiger partial charge in [-0.2, -0.15) is 5.10 Å². The zero-order valence-corrected chi connectivity index (χ0v) is 18.5. The lowest BCUT2D eigenvalue weighted by Crippen LogP contribution is -2.20. The maximum Gasteiger partial charge on any atom is 0.339 e. The Balaban J connectivity index is 1.78. The monoisotopic (exact) mass is 417 g/mol. The van der Waals surface area contributed by atoms with Crippen LogP contribution in [0.2, 0.25) is 0 Å². The molecule has 6 heteroatoms. The second kappa shape index (κ2) is 9.43.